The monoisotopic (exact) mass is 368 g/mol. The van der Waals surface area contributed by atoms with E-state index in [1.54, 1.807) is 13.1 Å². The highest BCUT2D eigenvalue weighted by atomic mass is 16.4. The molecule has 0 heterocycles. The van der Waals surface area contributed by atoms with Gasteiger partial charge in [0.25, 0.3) is 0 Å². The molecule has 150 valence electrons. The van der Waals surface area contributed by atoms with Crippen molar-refractivity contribution in [3.05, 3.63) is 11.6 Å². The Labute approximate surface area is 158 Å². The van der Waals surface area contributed by atoms with Gasteiger partial charge in [0.05, 0.1) is 12.6 Å². The van der Waals surface area contributed by atoms with E-state index in [9.17, 15) is 14.4 Å². The predicted molar refractivity (Wildman–Crippen MR) is 104 cm³/mol. The first kappa shape index (κ1) is 24.1. The Morgan fingerprint density at radius 2 is 1.69 bits per heavy atom. The van der Waals surface area contributed by atoms with Gasteiger partial charge in [0.2, 0.25) is 11.8 Å². The number of nitrogens with one attached hydrogen (secondary N) is 1. The standard InChI is InChI=1S/C20H36N2O4/c1-8-11-20(9-2,10-3)19(26)21-13-17(23)22(7)16(14(4)5)12-15(6)18(24)25/h12,14,16H,8-11,13H2,1-7H3,(H,21,26)(H,24,25)/b15-12+/t16-/m1/s1. The smallest absolute Gasteiger partial charge is 0.331 e. The van der Waals surface area contributed by atoms with Crippen LogP contribution in [0.25, 0.3) is 0 Å². The van der Waals surface area contributed by atoms with Gasteiger partial charge >= 0.3 is 5.97 Å². The first-order valence-electron chi connectivity index (χ1n) is 9.51. The Bertz CT molecular complexity index is 522. The maximum atomic E-state index is 12.6. The molecule has 6 nitrogen and oxygen atoms in total. The predicted octanol–water partition coefficient (Wildman–Crippen LogP) is 3.22. The molecule has 2 amide bonds. The molecule has 1 atom stereocenters. The highest BCUT2D eigenvalue weighted by Gasteiger charge is 2.34. The Morgan fingerprint density at radius 1 is 1.15 bits per heavy atom. The summed E-state index contributed by atoms with van der Waals surface area (Å²) in [5.41, 5.74) is -0.225. The highest BCUT2D eigenvalue weighted by molar-refractivity contribution is 5.88. The number of carboxylic acids is 1. The molecule has 0 aromatic heterocycles. The van der Waals surface area contributed by atoms with Gasteiger partial charge in [0.1, 0.15) is 0 Å². The fourth-order valence-electron chi connectivity index (χ4n) is 3.23. The van der Waals surface area contributed by atoms with E-state index in [0.717, 1.165) is 25.7 Å². The third-order valence-corrected chi connectivity index (χ3v) is 5.25. The number of hydrogen-bond donors (Lipinski definition) is 2. The van der Waals surface area contributed by atoms with Gasteiger partial charge in [-0.15, -0.1) is 0 Å². The number of carbonyl (C=O) groups is 3. The summed E-state index contributed by atoms with van der Waals surface area (Å²) in [6, 6.07) is -0.340. The summed E-state index contributed by atoms with van der Waals surface area (Å²) < 4.78 is 0. The second-order valence-corrected chi connectivity index (χ2v) is 7.31. The van der Waals surface area contributed by atoms with Crippen molar-refractivity contribution in [1.82, 2.24) is 10.2 Å². The topological polar surface area (TPSA) is 86.7 Å². The molecule has 0 aliphatic carbocycles. The van der Waals surface area contributed by atoms with Crippen LogP contribution in [0.1, 0.15) is 67.2 Å². The van der Waals surface area contributed by atoms with E-state index in [-0.39, 0.29) is 35.9 Å². The summed E-state index contributed by atoms with van der Waals surface area (Å²) >= 11 is 0. The SMILES string of the molecule is CCCC(CC)(CC)C(=O)NCC(=O)N(C)[C@H](/C=C(\C)C(=O)O)C(C)C. The number of aliphatic carboxylic acids is 1. The molecule has 2 N–H and O–H groups in total. The van der Waals surface area contributed by atoms with Gasteiger partial charge in [0, 0.05) is 18.0 Å². The van der Waals surface area contributed by atoms with Crippen LogP contribution >= 0.6 is 0 Å². The van der Waals surface area contributed by atoms with E-state index >= 15 is 0 Å². The Morgan fingerprint density at radius 3 is 2.08 bits per heavy atom. The summed E-state index contributed by atoms with van der Waals surface area (Å²) in [5, 5.41) is 11.9. The maximum absolute atomic E-state index is 12.6. The van der Waals surface area contributed by atoms with Gasteiger partial charge in [-0.1, -0.05) is 47.1 Å². The molecule has 0 saturated carbocycles. The summed E-state index contributed by atoms with van der Waals surface area (Å²) in [4.78, 5) is 37.8. The van der Waals surface area contributed by atoms with Crippen LogP contribution in [0.4, 0.5) is 0 Å². The minimum absolute atomic E-state index is 0.0550. The van der Waals surface area contributed by atoms with Crippen LogP contribution in [-0.4, -0.2) is 47.4 Å². The largest absolute Gasteiger partial charge is 0.478 e. The molecule has 0 aromatic carbocycles. The van der Waals surface area contributed by atoms with Gasteiger partial charge < -0.3 is 15.3 Å². The average molecular weight is 369 g/mol. The Kier molecular flexibility index (Phi) is 10.2. The summed E-state index contributed by atoms with van der Waals surface area (Å²) in [6.07, 6.45) is 4.78. The van der Waals surface area contributed by atoms with E-state index in [4.69, 9.17) is 5.11 Å². The van der Waals surface area contributed by atoms with Gasteiger partial charge in [-0.3, -0.25) is 9.59 Å². The first-order chi connectivity index (χ1) is 12.1. The fraction of sp³-hybridized carbons (Fsp3) is 0.750. The Balaban J connectivity index is 5.10. The molecule has 0 unspecified atom stereocenters. The molecule has 6 heteroatoms. The van der Waals surface area contributed by atoms with Crippen LogP contribution < -0.4 is 5.32 Å². The van der Waals surface area contributed by atoms with Crippen molar-refractivity contribution < 1.29 is 19.5 Å². The van der Waals surface area contributed by atoms with Gasteiger partial charge in [-0.05, 0) is 32.1 Å². The number of nitrogens with zero attached hydrogens (tertiary/aromatic N) is 1. The molecule has 0 saturated heterocycles. The first-order valence-corrected chi connectivity index (χ1v) is 9.51. The van der Waals surface area contributed by atoms with E-state index in [0.29, 0.717) is 0 Å². The summed E-state index contributed by atoms with van der Waals surface area (Å²) in [5.74, 6) is -1.26. The average Bonchev–Trinajstić information content (AvgIpc) is 2.60. The molecule has 0 fully saturated rings. The number of hydrogen-bond acceptors (Lipinski definition) is 3. The Hall–Kier alpha value is -1.85. The lowest BCUT2D eigenvalue weighted by Gasteiger charge is -2.32. The van der Waals surface area contributed by atoms with E-state index in [1.165, 1.54) is 11.8 Å². The zero-order valence-corrected chi connectivity index (χ0v) is 17.4. The molecular formula is C20H36N2O4. The fourth-order valence-corrected chi connectivity index (χ4v) is 3.23. The quantitative estimate of drug-likeness (QED) is 0.548. The van der Waals surface area contributed by atoms with Crippen LogP contribution in [0.3, 0.4) is 0 Å². The molecule has 0 bridgehead atoms. The van der Waals surface area contributed by atoms with Crippen molar-refractivity contribution in [3.8, 4) is 0 Å². The number of amides is 2. The van der Waals surface area contributed by atoms with E-state index in [2.05, 4.69) is 12.2 Å². The number of rotatable bonds is 11. The second-order valence-electron chi connectivity index (χ2n) is 7.31. The number of likely N-dealkylation sites (N-methyl/N-ethyl adjacent to an activating group) is 1. The van der Waals surface area contributed by atoms with Crippen LogP contribution in [0, 0.1) is 11.3 Å². The normalized spacial score (nSPS) is 13.5. The molecule has 0 spiro atoms. The zero-order chi connectivity index (χ0) is 20.5. The van der Waals surface area contributed by atoms with Crippen molar-refractivity contribution in [2.45, 2.75) is 73.3 Å². The third kappa shape index (κ3) is 6.46. The third-order valence-electron chi connectivity index (χ3n) is 5.25. The van der Waals surface area contributed by atoms with Crippen LogP contribution in [-0.2, 0) is 14.4 Å². The van der Waals surface area contributed by atoms with Crippen molar-refractivity contribution in [2.24, 2.45) is 11.3 Å². The van der Waals surface area contributed by atoms with Crippen LogP contribution in [0.5, 0.6) is 0 Å². The highest BCUT2D eigenvalue weighted by Crippen LogP contribution is 2.32. The number of carboxylic acid groups (broad SMARTS) is 1. The molecular weight excluding hydrogens is 332 g/mol. The summed E-state index contributed by atoms with van der Waals surface area (Å²) in [6.45, 7) is 11.3. The van der Waals surface area contributed by atoms with Crippen molar-refractivity contribution in [1.29, 1.82) is 0 Å². The maximum Gasteiger partial charge on any atom is 0.331 e. The minimum Gasteiger partial charge on any atom is -0.478 e. The number of carbonyl (C=O) groups excluding carboxylic acids is 2. The van der Waals surface area contributed by atoms with Gasteiger partial charge in [-0.25, -0.2) is 4.79 Å². The van der Waals surface area contributed by atoms with Crippen LogP contribution in [0.2, 0.25) is 0 Å². The van der Waals surface area contributed by atoms with E-state index in [1.807, 2.05) is 27.7 Å². The van der Waals surface area contributed by atoms with Crippen molar-refractivity contribution >= 4 is 17.8 Å². The zero-order valence-electron chi connectivity index (χ0n) is 17.4. The van der Waals surface area contributed by atoms with Gasteiger partial charge in [-0.2, -0.15) is 0 Å². The summed E-state index contributed by atoms with van der Waals surface area (Å²) in [7, 11) is 1.64. The molecule has 26 heavy (non-hydrogen) atoms. The molecule has 0 aromatic rings. The van der Waals surface area contributed by atoms with Crippen molar-refractivity contribution in [2.75, 3.05) is 13.6 Å². The molecule has 0 aliphatic heterocycles. The lowest BCUT2D eigenvalue weighted by molar-refractivity contribution is -0.137. The lowest BCUT2D eigenvalue weighted by Crippen LogP contribution is -2.48. The molecule has 0 aliphatic rings. The second kappa shape index (κ2) is 11.0. The lowest BCUT2D eigenvalue weighted by atomic mass is 9.77. The minimum atomic E-state index is -1.000. The van der Waals surface area contributed by atoms with Gasteiger partial charge in [0.15, 0.2) is 0 Å². The molecule has 0 radical (unpaired) electrons. The van der Waals surface area contributed by atoms with Crippen LogP contribution in [0.15, 0.2) is 11.6 Å². The van der Waals surface area contributed by atoms with E-state index < -0.39 is 11.4 Å². The molecule has 0 rings (SSSR count). The van der Waals surface area contributed by atoms with Crippen molar-refractivity contribution in [3.63, 3.8) is 0 Å².